The summed E-state index contributed by atoms with van der Waals surface area (Å²) < 4.78 is 49.5. The van der Waals surface area contributed by atoms with Crippen molar-refractivity contribution in [2.45, 2.75) is 6.18 Å². The second kappa shape index (κ2) is 9.95. The Morgan fingerprint density at radius 1 is 0.972 bits per heavy atom. The lowest BCUT2D eigenvalue weighted by Crippen LogP contribution is -2.20. The molecule has 10 heteroatoms. The highest BCUT2D eigenvalue weighted by atomic mass is 19.4. The minimum absolute atomic E-state index is 0.0163. The summed E-state index contributed by atoms with van der Waals surface area (Å²) in [5.74, 6) is -1.29. The predicted molar refractivity (Wildman–Crippen MR) is 126 cm³/mol. The molecule has 1 amide bonds. The van der Waals surface area contributed by atoms with Crippen LogP contribution in [0.25, 0.3) is 22.2 Å². The molecule has 4 rings (SSSR count). The van der Waals surface area contributed by atoms with Crippen molar-refractivity contribution < 1.29 is 37.3 Å². The zero-order valence-corrected chi connectivity index (χ0v) is 18.8. The van der Waals surface area contributed by atoms with E-state index in [1.807, 2.05) is 0 Å². The average molecular weight is 496 g/mol. The van der Waals surface area contributed by atoms with Crippen molar-refractivity contribution in [3.05, 3.63) is 83.9 Å². The Balaban J connectivity index is 1.52. The maximum Gasteiger partial charge on any atom is 0.416 e. The zero-order chi connectivity index (χ0) is 25.9. The maximum absolute atomic E-state index is 12.9. The van der Waals surface area contributed by atoms with E-state index in [0.29, 0.717) is 22.2 Å². The van der Waals surface area contributed by atoms with Gasteiger partial charge in [0.2, 0.25) is 0 Å². The molecule has 184 valence electrons. The normalized spacial score (nSPS) is 11.2. The molecule has 2 N–H and O–H groups in total. The third-order valence-corrected chi connectivity index (χ3v) is 5.24. The number of alkyl halides is 3. The van der Waals surface area contributed by atoms with Crippen molar-refractivity contribution in [3.8, 4) is 22.8 Å². The van der Waals surface area contributed by atoms with Crippen LogP contribution in [-0.4, -0.2) is 35.7 Å². The molecule has 0 fully saturated rings. The van der Waals surface area contributed by atoms with Crippen molar-refractivity contribution in [1.82, 2.24) is 4.98 Å². The number of nitrogens with zero attached hydrogens (tertiary/aromatic N) is 1. The quantitative estimate of drug-likeness (QED) is 0.344. The van der Waals surface area contributed by atoms with Gasteiger partial charge < -0.3 is 19.9 Å². The molecule has 0 aliphatic heterocycles. The number of anilines is 1. The van der Waals surface area contributed by atoms with E-state index in [1.54, 1.807) is 36.4 Å². The van der Waals surface area contributed by atoms with Crippen LogP contribution in [0.3, 0.4) is 0 Å². The molecule has 36 heavy (non-hydrogen) atoms. The molecule has 4 aromatic rings. The average Bonchev–Trinajstić information content (AvgIpc) is 2.86. The van der Waals surface area contributed by atoms with E-state index >= 15 is 0 Å². The number of methoxy groups -OCH3 is 1. The Morgan fingerprint density at radius 3 is 2.47 bits per heavy atom. The van der Waals surface area contributed by atoms with Gasteiger partial charge in [-0.2, -0.15) is 13.2 Å². The Kier molecular flexibility index (Phi) is 6.77. The fourth-order valence-corrected chi connectivity index (χ4v) is 3.56. The molecule has 3 aromatic carbocycles. The molecule has 0 atom stereocenters. The van der Waals surface area contributed by atoms with Crippen LogP contribution in [0.1, 0.15) is 15.9 Å². The molecular weight excluding hydrogens is 477 g/mol. The Bertz CT molecular complexity index is 1450. The Morgan fingerprint density at radius 2 is 1.75 bits per heavy atom. The standard InChI is InChI=1S/C26H19F3N2O5/c1-35-23-11-15(21-13-19(25(33)34)18-7-2-3-8-20(18)31-21)9-10-22(23)36-14-24(32)30-17-6-4-5-16(12-17)26(27,28)29/h2-13H,14H2,1H3,(H,30,32)(H,33,34). The molecule has 7 nitrogen and oxygen atoms in total. The van der Waals surface area contributed by atoms with E-state index in [-0.39, 0.29) is 22.7 Å². The number of hydrogen-bond acceptors (Lipinski definition) is 5. The second-order valence-electron chi connectivity index (χ2n) is 7.66. The van der Waals surface area contributed by atoms with Gasteiger partial charge in [-0.1, -0.05) is 24.3 Å². The highest BCUT2D eigenvalue weighted by molar-refractivity contribution is 6.03. The van der Waals surface area contributed by atoms with Crippen molar-refractivity contribution in [2.75, 3.05) is 19.0 Å². The number of aromatic nitrogens is 1. The molecule has 0 aliphatic rings. The van der Waals surface area contributed by atoms with E-state index < -0.39 is 30.2 Å². The number of carboxylic acids is 1. The number of carboxylic acid groups (broad SMARTS) is 1. The van der Waals surface area contributed by atoms with E-state index in [0.717, 1.165) is 12.1 Å². The summed E-state index contributed by atoms with van der Waals surface area (Å²) in [6, 6.07) is 17.3. The number of hydrogen-bond donors (Lipinski definition) is 2. The molecule has 0 spiro atoms. The van der Waals surface area contributed by atoms with Crippen LogP contribution in [0.2, 0.25) is 0 Å². The van der Waals surface area contributed by atoms with Gasteiger partial charge in [0, 0.05) is 16.6 Å². The van der Waals surface area contributed by atoms with Gasteiger partial charge in [-0.3, -0.25) is 4.79 Å². The summed E-state index contributed by atoms with van der Waals surface area (Å²) in [5, 5.41) is 12.5. The molecule has 0 saturated heterocycles. The van der Waals surface area contributed by atoms with Crippen molar-refractivity contribution in [1.29, 1.82) is 0 Å². The van der Waals surface area contributed by atoms with Crippen LogP contribution in [0.15, 0.2) is 72.8 Å². The molecule has 0 saturated carbocycles. The van der Waals surface area contributed by atoms with Crippen molar-refractivity contribution >= 4 is 28.5 Å². The van der Waals surface area contributed by atoms with Crippen LogP contribution in [-0.2, 0) is 11.0 Å². The van der Waals surface area contributed by atoms with Gasteiger partial charge in [-0.15, -0.1) is 0 Å². The molecule has 0 radical (unpaired) electrons. The molecule has 0 aliphatic carbocycles. The number of ether oxygens (including phenoxy) is 2. The minimum atomic E-state index is -4.53. The van der Waals surface area contributed by atoms with E-state index in [2.05, 4.69) is 10.3 Å². The zero-order valence-electron chi connectivity index (χ0n) is 18.8. The number of para-hydroxylation sites is 1. The van der Waals surface area contributed by atoms with Crippen molar-refractivity contribution in [2.24, 2.45) is 0 Å². The number of halogens is 3. The van der Waals surface area contributed by atoms with Gasteiger partial charge in [0.1, 0.15) is 0 Å². The number of carbonyl (C=O) groups is 2. The number of aromatic carboxylic acids is 1. The highest BCUT2D eigenvalue weighted by Crippen LogP contribution is 2.34. The number of benzene rings is 3. The second-order valence-corrected chi connectivity index (χ2v) is 7.66. The predicted octanol–water partition coefficient (Wildman–Crippen LogP) is 5.64. The van der Waals surface area contributed by atoms with Crippen LogP contribution in [0, 0.1) is 0 Å². The van der Waals surface area contributed by atoms with E-state index in [4.69, 9.17) is 9.47 Å². The number of rotatable bonds is 7. The molecule has 0 unspecified atom stereocenters. The van der Waals surface area contributed by atoms with Gasteiger partial charge in [-0.05, 0) is 48.5 Å². The largest absolute Gasteiger partial charge is 0.493 e. The van der Waals surface area contributed by atoms with Crippen LogP contribution in [0.4, 0.5) is 18.9 Å². The number of carbonyl (C=O) groups excluding carboxylic acids is 1. The van der Waals surface area contributed by atoms with Crippen LogP contribution in [0.5, 0.6) is 11.5 Å². The summed E-state index contributed by atoms with van der Waals surface area (Å²) in [5.41, 5.74) is 0.669. The minimum Gasteiger partial charge on any atom is -0.493 e. The first-order chi connectivity index (χ1) is 17.2. The van der Waals surface area contributed by atoms with Gasteiger partial charge in [0.25, 0.3) is 5.91 Å². The van der Waals surface area contributed by atoms with Gasteiger partial charge in [-0.25, -0.2) is 9.78 Å². The third-order valence-electron chi connectivity index (χ3n) is 5.24. The fraction of sp³-hybridized carbons (Fsp3) is 0.115. The third kappa shape index (κ3) is 5.38. The topological polar surface area (TPSA) is 97.8 Å². The Hall–Kier alpha value is -4.60. The number of amides is 1. The van der Waals surface area contributed by atoms with E-state index in [9.17, 15) is 27.9 Å². The van der Waals surface area contributed by atoms with Crippen molar-refractivity contribution in [3.63, 3.8) is 0 Å². The monoisotopic (exact) mass is 496 g/mol. The van der Waals surface area contributed by atoms with Gasteiger partial charge in [0.15, 0.2) is 18.1 Å². The summed E-state index contributed by atoms with van der Waals surface area (Å²) in [6.07, 6.45) is -4.53. The number of fused-ring (bicyclic) bond motifs is 1. The molecule has 1 heterocycles. The lowest BCUT2D eigenvalue weighted by atomic mass is 10.0. The SMILES string of the molecule is COc1cc(-c2cc(C(=O)O)c3ccccc3n2)ccc1OCC(=O)Nc1cccc(C(F)(F)F)c1. The summed E-state index contributed by atoms with van der Waals surface area (Å²) in [6.45, 7) is -0.483. The Labute approximate surface area is 203 Å². The molecule has 0 bridgehead atoms. The fourth-order valence-electron chi connectivity index (χ4n) is 3.56. The lowest BCUT2D eigenvalue weighted by molar-refractivity contribution is -0.137. The van der Waals surface area contributed by atoms with Gasteiger partial charge >= 0.3 is 12.1 Å². The summed E-state index contributed by atoms with van der Waals surface area (Å²) in [4.78, 5) is 28.5. The van der Waals surface area contributed by atoms with Crippen LogP contribution < -0.4 is 14.8 Å². The first-order valence-electron chi connectivity index (χ1n) is 10.6. The molecular formula is C26H19F3N2O5. The number of nitrogens with one attached hydrogen (secondary N) is 1. The van der Waals surface area contributed by atoms with Gasteiger partial charge in [0.05, 0.1) is 29.4 Å². The summed E-state index contributed by atoms with van der Waals surface area (Å²) >= 11 is 0. The summed E-state index contributed by atoms with van der Waals surface area (Å²) in [7, 11) is 1.39. The molecule has 1 aromatic heterocycles. The van der Waals surface area contributed by atoms with E-state index in [1.165, 1.54) is 31.4 Å². The first-order valence-corrected chi connectivity index (χ1v) is 10.6. The highest BCUT2D eigenvalue weighted by Gasteiger charge is 2.30. The smallest absolute Gasteiger partial charge is 0.416 e. The van der Waals surface area contributed by atoms with Crippen LogP contribution >= 0.6 is 0 Å². The lowest BCUT2D eigenvalue weighted by Gasteiger charge is -2.13. The first kappa shape index (κ1) is 24.5. The maximum atomic E-state index is 12.9. The number of pyridine rings is 1.